The first-order chi connectivity index (χ1) is 33.9. The Bertz CT molecular complexity index is 1310. The molecule has 0 fully saturated rings. The summed E-state index contributed by atoms with van der Waals surface area (Å²) in [4.78, 5) is 41.5. The molecule has 0 spiro atoms. The molecule has 400 valence electrons. The average Bonchev–Trinajstić information content (AvgIpc) is 3.58. The highest BCUT2D eigenvalue weighted by molar-refractivity contribution is 6.21. The quantitative estimate of drug-likeness (QED) is 0.0295. The molecule has 1 atom stereocenters. The Kier molecular flexibility index (Phi) is 41.1. The predicted molar refractivity (Wildman–Crippen MR) is 285 cm³/mol. The van der Waals surface area contributed by atoms with Gasteiger partial charge < -0.3 is 29.0 Å². The van der Waals surface area contributed by atoms with Gasteiger partial charge >= 0.3 is 6.16 Å². The molecule has 1 aromatic carbocycles. The zero-order valence-corrected chi connectivity index (χ0v) is 45.0. The smallest absolute Gasteiger partial charge is 0.434 e. The van der Waals surface area contributed by atoms with Crippen LogP contribution in [0.25, 0.3) is 0 Å². The first kappa shape index (κ1) is 62.6. The first-order valence-electron chi connectivity index (χ1n) is 29.2. The van der Waals surface area contributed by atoms with E-state index in [4.69, 9.17) is 18.9 Å². The Labute approximate surface area is 423 Å². The van der Waals surface area contributed by atoms with Crippen molar-refractivity contribution in [2.45, 2.75) is 258 Å². The lowest BCUT2D eigenvalue weighted by Crippen LogP contribution is -2.43. The number of carbonyl (C=O) groups is 3. The molecule has 0 aliphatic carbocycles. The maximum atomic E-state index is 13.0. The molecular weight excluding hydrogens is 865 g/mol. The van der Waals surface area contributed by atoms with Gasteiger partial charge in [-0.15, -0.1) is 0 Å². The summed E-state index contributed by atoms with van der Waals surface area (Å²) in [6, 6.07) is 6.86. The molecule has 0 radical (unpaired) electrons. The fourth-order valence-electron chi connectivity index (χ4n) is 9.71. The third-order valence-electron chi connectivity index (χ3n) is 14.1. The number of hydrogen-bond acceptors (Lipinski definition) is 9. The van der Waals surface area contributed by atoms with E-state index in [1.165, 1.54) is 165 Å². The van der Waals surface area contributed by atoms with Gasteiger partial charge in [0.2, 0.25) is 0 Å². The Morgan fingerprint density at radius 1 is 0.493 bits per heavy atom. The topological polar surface area (TPSA) is 115 Å². The monoisotopic (exact) mass is 971 g/mol. The SMILES string of the molecule is CCCCCCCCCCCOC(=O)OCCCCCN(CCCCCCCOCOCCC(CCCCCCCCCC)CCCCCCCCCC)CC(O)CN1C(=O)c2ccccc2C1=O. The lowest BCUT2D eigenvalue weighted by atomic mass is 9.91. The van der Waals surface area contributed by atoms with Gasteiger partial charge in [0.05, 0.1) is 37.0 Å². The van der Waals surface area contributed by atoms with Crippen molar-refractivity contribution in [2.24, 2.45) is 5.92 Å². The van der Waals surface area contributed by atoms with E-state index < -0.39 is 12.3 Å². The molecule has 2 rings (SSSR count). The molecule has 1 aliphatic heterocycles. The number of unbranched alkanes of at least 4 members (excludes halogenated alkanes) is 28. The molecular formula is C59H106N2O8. The third kappa shape index (κ3) is 33.7. The van der Waals surface area contributed by atoms with Crippen molar-refractivity contribution in [3.05, 3.63) is 35.4 Å². The fourth-order valence-corrected chi connectivity index (χ4v) is 9.71. The van der Waals surface area contributed by atoms with Crippen LogP contribution in [-0.4, -0.2) is 98.4 Å². The fraction of sp³-hybridized carbons (Fsp3) is 0.847. The summed E-state index contributed by atoms with van der Waals surface area (Å²) in [6.45, 7) is 11.4. The highest BCUT2D eigenvalue weighted by Gasteiger charge is 2.36. The van der Waals surface area contributed by atoms with Crippen LogP contribution in [0.15, 0.2) is 24.3 Å². The van der Waals surface area contributed by atoms with E-state index in [9.17, 15) is 19.5 Å². The second-order valence-electron chi connectivity index (χ2n) is 20.4. The van der Waals surface area contributed by atoms with Crippen LogP contribution in [0.5, 0.6) is 0 Å². The van der Waals surface area contributed by atoms with Crippen LogP contribution in [0.3, 0.4) is 0 Å². The summed E-state index contributed by atoms with van der Waals surface area (Å²) < 4.78 is 22.5. The van der Waals surface area contributed by atoms with Crippen LogP contribution in [0.4, 0.5) is 4.79 Å². The highest BCUT2D eigenvalue weighted by atomic mass is 16.7. The standard InChI is InChI=1S/C59H106N2O8/c1-4-7-10-13-16-19-22-28-37-47-68-59(65)69-48-38-29-35-45-60(50-54(62)51-61-57(63)55-41-32-33-42-56(55)58(61)64)44-34-26-23-27-36-46-66-52-67-49-43-53(39-30-24-20-17-14-11-8-5-2)40-31-25-21-18-15-12-9-6-3/h32-33,41-42,53-54,62H,4-31,34-40,43-52H2,1-3H3. The first-order valence-corrected chi connectivity index (χ1v) is 29.2. The number of hydrogen-bond donors (Lipinski definition) is 1. The number of amides is 2. The molecule has 69 heavy (non-hydrogen) atoms. The minimum Gasteiger partial charge on any atom is -0.434 e. The number of carbonyl (C=O) groups excluding carboxylic acids is 3. The molecule has 0 saturated heterocycles. The van der Waals surface area contributed by atoms with Crippen molar-refractivity contribution in [1.82, 2.24) is 9.80 Å². The van der Waals surface area contributed by atoms with Crippen molar-refractivity contribution in [1.29, 1.82) is 0 Å². The molecule has 2 amide bonds. The number of rotatable bonds is 51. The van der Waals surface area contributed by atoms with E-state index in [1.807, 2.05) is 0 Å². The van der Waals surface area contributed by atoms with Gasteiger partial charge in [0, 0.05) is 19.8 Å². The van der Waals surface area contributed by atoms with E-state index in [0.717, 1.165) is 103 Å². The minimum atomic E-state index is -0.855. The lowest BCUT2D eigenvalue weighted by molar-refractivity contribution is -0.0583. The summed E-state index contributed by atoms with van der Waals surface area (Å²) in [7, 11) is 0. The molecule has 1 aromatic rings. The van der Waals surface area contributed by atoms with E-state index >= 15 is 0 Å². The number of ether oxygens (including phenoxy) is 4. The van der Waals surface area contributed by atoms with Gasteiger partial charge in [-0.1, -0.05) is 219 Å². The molecule has 1 heterocycles. The van der Waals surface area contributed by atoms with Crippen molar-refractivity contribution in [3.63, 3.8) is 0 Å². The normalized spacial score (nSPS) is 13.0. The lowest BCUT2D eigenvalue weighted by Gasteiger charge is -2.27. The van der Waals surface area contributed by atoms with Crippen molar-refractivity contribution in [3.8, 4) is 0 Å². The minimum absolute atomic E-state index is 0.0270. The summed E-state index contributed by atoms with van der Waals surface area (Å²) in [6.07, 6.45) is 43.2. The summed E-state index contributed by atoms with van der Waals surface area (Å²) >= 11 is 0. The summed E-state index contributed by atoms with van der Waals surface area (Å²) in [5.41, 5.74) is 0.799. The Morgan fingerprint density at radius 2 is 0.870 bits per heavy atom. The van der Waals surface area contributed by atoms with Crippen LogP contribution in [-0.2, 0) is 18.9 Å². The average molecular weight is 972 g/mol. The van der Waals surface area contributed by atoms with E-state index in [0.29, 0.717) is 37.7 Å². The van der Waals surface area contributed by atoms with Crippen molar-refractivity contribution >= 4 is 18.0 Å². The Morgan fingerprint density at radius 3 is 1.33 bits per heavy atom. The van der Waals surface area contributed by atoms with Crippen LogP contribution >= 0.6 is 0 Å². The van der Waals surface area contributed by atoms with Crippen molar-refractivity contribution < 1.29 is 38.4 Å². The number of aliphatic hydroxyl groups excluding tert-OH is 1. The number of fused-ring (bicyclic) bond motifs is 1. The Balaban J connectivity index is 1.64. The van der Waals surface area contributed by atoms with E-state index in [-0.39, 0.29) is 18.4 Å². The highest BCUT2D eigenvalue weighted by Crippen LogP contribution is 2.24. The van der Waals surface area contributed by atoms with Gasteiger partial charge in [-0.2, -0.15) is 0 Å². The molecule has 0 aromatic heterocycles. The molecule has 10 heteroatoms. The van der Waals surface area contributed by atoms with Gasteiger partial charge in [-0.3, -0.25) is 14.5 Å². The van der Waals surface area contributed by atoms with Gasteiger partial charge in [0.25, 0.3) is 11.8 Å². The molecule has 0 bridgehead atoms. The van der Waals surface area contributed by atoms with Gasteiger partial charge in [0.1, 0.15) is 6.79 Å². The number of benzene rings is 1. The van der Waals surface area contributed by atoms with Gasteiger partial charge in [-0.25, -0.2) is 4.79 Å². The maximum Gasteiger partial charge on any atom is 0.508 e. The molecule has 1 N–H and O–H groups in total. The third-order valence-corrected chi connectivity index (χ3v) is 14.1. The van der Waals surface area contributed by atoms with Crippen LogP contribution in [0.1, 0.15) is 273 Å². The second-order valence-corrected chi connectivity index (χ2v) is 20.4. The Hall–Kier alpha value is -2.53. The summed E-state index contributed by atoms with van der Waals surface area (Å²) in [5, 5.41) is 11.1. The van der Waals surface area contributed by atoms with Crippen LogP contribution in [0.2, 0.25) is 0 Å². The molecule has 10 nitrogen and oxygen atoms in total. The molecule has 1 unspecified atom stereocenters. The van der Waals surface area contributed by atoms with Crippen molar-refractivity contribution in [2.75, 3.05) is 59.4 Å². The number of aliphatic hydroxyl groups is 1. The van der Waals surface area contributed by atoms with Gasteiger partial charge in [-0.05, 0) is 76.1 Å². The van der Waals surface area contributed by atoms with E-state index in [2.05, 4.69) is 25.7 Å². The zero-order chi connectivity index (χ0) is 49.7. The zero-order valence-electron chi connectivity index (χ0n) is 45.0. The number of imide groups is 1. The van der Waals surface area contributed by atoms with Crippen LogP contribution < -0.4 is 0 Å². The maximum absolute atomic E-state index is 13.0. The van der Waals surface area contributed by atoms with Crippen LogP contribution in [0, 0.1) is 5.92 Å². The number of nitrogens with zero attached hydrogens (tertiary/aromatic N) is 2. The van der Waals surface area contributed by atoms with Gasteiger partial charge in [0.15, 0.2) is 0 Å². The molecule has 1 aliphatic rings. The van der Waals surface area contributed by atoms with E-state index in [1.54, 1.807) is 24.3 Å². The molecule has 0 saturated carbocycles. The largest absolute Gasteiger partial charge is 0.508 e. The predicted octanol–water partition coefficient (Wildman–Crippen LogP) is 15.8. The number of β-amino-alcohol motifs (C(OH)–C–C–N with tert-alkyl or cyclic N) is 1. The second kappa shape index (κ2) is 45.3. The summed E-state index contributed by atoms with van der Waals surface area (Å²) in [5.74, 6) is 0.0908.